The first-order chi connectivity index (χ1) is 7.65. The topological polar surface area (TPSA) is 86.0 Å². The fraction of sp³-hybridized carbons (Fsp3) is 0.222. The van der Waals surface area contributed by atoms with Gasteiger partial charge in [0.1, 0.15) is 5.65 Å². The third kappa shape index (κ3) is 1.52. The van der Waals surface area contributed by atoms with E-state index < -0.39 is 5.97 Å². The van der Waals surface area contributed by atoms with E-state index in [1.54, 1.807) is 0 Å². The van der Waals surface area contributed by atoms with Crippen molar-refractivity contribution in [2.24, 2.45) is 0 Å². The average Bonchev–Trinajstić information content (AvgIpc) is 2.71. The number of hydrogen-bond donors (Lipinski definition) is 1. The maximum absolute atomic E-state index is 10.8. The Morgan fingerprint density at radius 3 is 2.69 bits per heavy atom. The van der Waals surface area contributed by atoms with E-state index in [0.717, 1.165) is 0 Å². The molecule has 0 aliphatic heterocycles. The summed E-state index contributed by atoms with van der Waals surface area (Å²) < 4.78 is 11.4. The molecule has 0 saturated heterocycles. The minimum Gasteiger partial charge on any atom is -0.481 e. The van der Waals surface area contributed by atoms with Crippen LogP contribution in [0.1, 0.15) is 10.5 Å². The number of ether oxygens (including phenoxy) is 2. The molecule has 2 aromatic rings. The third-order valence-corrected chi connectivity index (χ3v) is 2.01. The molecule has 1 N–H and O–H groups in total. The van der Waals surface area contributed by atoms with Crippen LogP contribution in [0.2, 0.25) is 0 Å². The summed E-state index contributed by atoms with van der Waals surface area (Å²) in [6.07, 6.45) is 1.34. The Morgan fingerprint density at radius 2 is 2.12 bits per heavy atom. The van der Waals surface area contributed by atoms with Crippen molar-refractivity contribution in [2.45, 2.75) is 0 Å². The third-order valence-electron chi connectivity index (χ3n) is 2.01. The van der Waals surface area contributed by atoms with E-state index in [0.29, 0.717) is 11.5 Å². The number of carboxylic acids is 1. The first-order valence-electron chi connectivity index (χ1n) is 4.37. The molecule has 0 spiro atoms. The van der Waals surface area contributed by atoms with Gasteiger partial charge in [0.15, 0.2) is 5.69 Å². The zero-order valence-corrected chi connectivity index (χ0v) is 8.67. The second kappa shape index (κ2) is 3.69. The van der Waals surface area contributed by atoms with Gasteiger partial charge in [0.25, 0.3) is 0 Å². The van der Waals surface area contributed by atoms with Crippen LogP contribution in [-0.4, -0.2) is 39.7 Å². The van der Waals surface area contributed by atoms with Crippen LogP contribution >= 0.6 is 0 Å². The molecule has 0 saturated carbocycles. The number of imidazole rings is 1. The summed E-state index contributed by atoms with van der Waals surface area (Å²) in [5, 5.41) is 8.81. The number of aromatic carboxylic acids is 1. The van der Waals surface area contributed by atoms with Crippen molar-refractivity contribution in [1.82, 2.24) is 14.4 Å². The van der Waals surface area contributed by atoms with Gasteiger partial charge in [0.2, 0.25) is 5.88 Å². The van der Waals surface area contributed by atoms with E-state index in [4.69, 9.17) is 14.6 Å². The van der Waals surface area contributed by atoms with Crippen LogP contribution in [0.25, 0.3) is 5.65 Å². The molecule has 0 aliphatic carbocycles. The van der Waals surface area contributed by atoms with Crippen molar-refractivity contribution >= 4 is 11.6 Å². The normalized spacial score (nSPS) is 10.4. The van der Waals surface area contributed by atoms with Gasteiger partial charge in [-0.1, -0.05) is 0 Å². The lowest BCUT2D eigenvalue weighted by molar-refractivity contribution is 0.0691. The van der Waals surface area contributed by atoms with Crippen LogP contribution in [0.4, 0.5) is 0 Å². The maximum atomic E-state index is 10.8. The fourth-order valence-corrected chi connectivity index (χ4v) is 1.29. The second-order valence-corrected chi connectivity index (χ2v) is 2.94. The molecule has 16 heavy (non-hydrogen) atoms. The maximum Gasteiger partial charge on any atom is 0.356 e. The molecule has 0 bridgehead atoms. The molecule has 2 rings (SSSR count). The highest BCUT2D eigenvalue weighted by Crippen LogP contribution is 2.18. The van der Waals surface area contributed by atoms with Gasteiger partial charge in [-0.3, -0.25) is 4.40 Å². The number of aromatic nitrogens is 3. The first kappa shape index (κ1) is 10.2. The van der Waals surface area contributed by atoms with Gasteiger partial charge >= 0.3 is 12.0 Å². The SMILES string of the molecule is COc1cc2nc(C(=O)O)cn2c(OC)n1. The molecule has 7 nitrogen and oxygen atoms in total. The Labute approximate surface area is 90.3 Å². The van der Waals surface area contributed by atoms with Crippen LogP contribution in [0.3, 0.4) is 0 Å². The van der Waals surface area contributed by atoms with E-state index in [1.165, 1.54) is 30.9 Å². The largest absolute Gasteiger partial charge is 0.481 e. The first-order valence-corrected chi connectivity index (χ1v) is 4.37. The lowest BCUT2D eigenvalue weighted by Crippen LogP contribution is -1.98. The van der Waals surface area contributed by atoms with Gasteiger partial charge in [0.05, 0.1) is 14.2 Å². The molecule has 2 heterocycles. The number of carboxylic acid groups (broad SMARTS) is 1. The van der Waals surface area contributed by atoms with E-state index >= 15 is 0 Å². The van der Waals surface area contributed by atoms with Gasteiger partial charge < -0.3 is 14.6 Å². The van der Waals surface area contributed by atoms with E-state index in [9.17, 15) is 4.79 Å². The lowest BCUT2D eigenvalue weighted by Gasteiger charge is -2.04. The van der Waals surface area contributed by atoms with Crippen molar-refractivity contribution in [1.29, 1.82) is 0 Å². The molecule has 0 aliphatic rings. The highest BCUT2D eigenvalue weighted by atomic mass is 16.5. The van der Waals surface area contributed by atoms with E-state index in [-0.39, 0.29) is 11.7 Å². The van der Waals surface area contributed by atoms with Crippen LogP contribution in [0.5, 0.6) is 11.9 Å². The summed E-state index contributed by atoms with van der Waals surface area (Å²) >= 11 is 0. The van der Waals surface area contributed by atoms with Crippen LogP contribution in [-0.2, 0) is 0 Å². The Kier molecular flexibility index (Phi) is 2.35. The standard InChI is InChI=1S/C9H9N3O4/c1-15-7-3-6-10-5(8(13)14)4-12(6)9(11-7)16-2/h3-4H,1-2H3,(H,13,14). The number of rotatable bonds is 3. The van der Waals surface area contributed by atoms with Crippen LogP contribution < -0.4 is 9.47 Å². The average molecular weight is 223 g/mol. The van der Waals surface area contributed by atoms with Crippen molar-refractivity contribution in [3.63, 3.8) is 0 Å². The fourth-order valence-electron chi connectivity index (χ4n) is 1.29. The second-order valence-electron chi connectivity index (χ2n) is 2.94. The predicted octanol–water partition coefficient (Wildman–Crippen LogP) is 0.445. The zero-order chi connectivity index (χ0) is 11.7. The summed E-state index contributed by atoms with van der Waals surface area (Å²) in [5.74, 6) is -0.795. The van der Waals surface area contributed by atoms with Crippen molar-refractivity contribution in [3.05, 3.63) is 18.0 Å². The molecule has 7 heteroatoms. The number of carbonyl (C=O) groups is 1. The van der Waals surface area contributed by atoms with Crippen molar-refractivity contribution < 1.29 is 19.4 Å². The van der Waals surface area contributed by atoms with Gasteiger partial charge in [-0.2, -0.15) is 4.98 Å². The number of methoxy groups -OCH3 is 2. The van der Waals surface area contributed by atoms with Crippen molar-refractivity contribution in [3.8, 4) is 11.9 Å². The van der Waals surface area contributed by atoms with Gasteiger partial charge in [-0.05, 0) is 0 Å². The Hall–Kier alpha value is -2.31. The minimum atomic E-state index is -1.11. The molecule has 0 unspecified atom stereocenters. The van der Waals surface area contributed by atoms with Gasteiger partial charge in [-0.15, -0.1) is 0 Å². The summed E-state index contributed by atoms with van der Waals surface area (Å²) in [7, 11) is 2.89. The highest BCUT2D eigenvalue weighted by Gasteiger charge is 2.13. The summed E-state index contributed by atoms with van der Waals surface area (Å²) in [5.41, 5.74) is 0.328. The smallest absolute Gasteiger partial charge is 0.356 e. The molecule has 0 amide bonds. The molecular formula is C9H9N3O4. The molecule has 0 aromatic carbocycles. The molecule has 0 radical (unpaired) electrons. The van der Waals surface area contributed by atoms with Crippen LogP contribution in [0, 0.1) is 0 Å². The van der Waals surface area contributed by atoms with E-state index in [1.807, 2.05) is 0 Å². The number of fused-ring (bicyclic) bond motifs is 1. The molecule has 84 valence electrons. The lowest BCUT2D eigenvalue weighted by atomic mass is 10.5. The Balaban J connectivity index is 2.69. The molecule has 0 fully saturated rings. The highest BCUT2D eigenvalue weighted by molar-refractivity contribution is 5.86. The Morgan fingerprint density at radius 1 is 1.38 bits per heavy atom. The van der Waals surface area contributed by atoms with Gasteiger partial charge in [-0.25, -0.2) is 9.78 Å². The van der Waals surface area contributed by atoms with Gasteiger partial charge in [0, 0.05) is 12.3 Å². The van der Waals surface area contributed by atoms with E-state index in [2.05, 4.69) is 9.97 Å². The molecule has 0 atom stereocenters. The van der Waals surface area contributed by atoms with Crippen LogP contribution in [0.15, 0.2) is 12.3 Å². The Bertz CT molecular complexity index is 549. The van der Waals surface area contributed by atoms with Crippen molar-refractivity contribution in [2.75, 3.05) is 14.2 Å². The number of hydrogen-bond acceptors (Lipinski definition) is 5. The number of nitrogens with zero attached hydrogens (tertiary/aromatic N) is 3. The summed E-state index contributed by atoms with van der Waals surface area (Å²) in [6.45, 7) is 0. The summed E-state index contributed by atoms with van der Waals surface area (Å²) in [6, 6.07) is 1.74. The zero-order valence-electron chi connectivity index (χ0n) is 8.67. The molecular weight excluding hydrogens is 214 g/mol. The molecule has 2 aromatic heterocycles. The summed E-state index contributed by atoms with van der Waals surface area (Å²) in [4.78, 5) is 18.6. The monoisotopic (exact) mass is 223 g/mol. The quantitative estimate of drug-likeness (QED) is 0.812. The predicted molar refractivity (Wildman–Crippen MR) is 53.1 cm³/mol. The minimum absolute atomic E-state index is 0.0756.